The molecule has 0 bridgehead atoms. The van der Waals surface area contributed by atoms with Gasteiger partial charge in [-0.3, -0.25) is 4.79 Å². The molecule has 8 heteroatoms. The number of carbonyl (C=O) groups excluding carboxylic acids is 1. The Morgan fingerprint density at radius 1 is 1.58 bits per heavy atom. The van der Waals surface area contributed by atoms with Gasteiger partial charge >= 0.3 is 6.18 Å². The molecule has 0 spiro atoms. The minimum absolute atomic E-state index is 0.162. The van der Waals surface area contributed by atoms with Crippen LogP contribution in [0.2, 0.25) is 0 Å². The number of rotatable bonds is 5. The van der Waals surface area contributed by atoms with Gasteiger partial charge in [0.25, 0.3) is 0 Å². The van der Waals surface area contributed by atoms with Gasteiger partial charge in [-0.25, -0.2) is 0 Å². The minimum atomic E-state index is -4.73. The van der Waals surface area contributed by atoms with Crippen LogP contribution in [0.4, 0.5) is 13.2 Å². The summed E-state index contributed by atoms with van der Waals surface area (Å²) in [7, 11) is 0. The number of aromatic nitrogens is 1. The van der Waals surface area contributed by atoms with Crippen LogP contribution in [0.3, 0.4) is 0 Å². The van der Waals surface area contributed by atoms with Crippen LogP contribution in [0.15, 0.2) is 18.5 Å². The Bertz CT molecular complexity index is 476. The Morgan fingerprint density at radius 3 is 2.84 bits per heavy atom. The van der Waals surface area contributed by atoms with Crippen molar-refractivity contribution < 1.29 is 23.1 Å². The standard InChI is InChI=1S/C11H12F3N3O2/c12-11(13,14)10(19)8-2-5-17(6-8)7-9(18)16-4-1-3-15/h2,5-6,10,19H,1,4,7H2,(H,16,18). The molecule has 0 aromatic carbocycles. The molecule has 1 heterocycles. The van der Waals surface area contributed by atoms with E-state index in [0.29, 0.717) is 0 Å². The Labute approximate surface area is 107 Å². The van der Waals surface area contributed by atoms with Crippen molar-refractivity contribution >= 4 is 5.91 Å². The van der Waals surface area contributed by atoms with Gasteiger partial charge in [0.1, 0.15) is 6.54 Å². The van der Waals surface area contributed by atoms with Crippen molar-refractivity contribution in [1.29, 1.82) is 5.26 Å². The molecule has 0 saturated carbocycles. The number of alkyl halides is 3. The number of nitrogens with zero attached hydrogens (tertiary/aromatic N) is 2. The molecule has 0 aliphatic heterocycles. The lowest BCUT2D eigenvalue weighted by Gasteiger charge is -2.12. The molecule has 2 N–H and O–H groups in total. The number of nitrogens with one attached hydrogen (secondary N) is 1. The third-order valence-electron chi connectivity index (χ3n) is 2.28. The van der Waals surface area contributed by atoms with E-state index in [-0.39, 0.29) is 25.1 Å². The van der Waals surface area contributed by atoms with E-state index in [2.05, 4.69) is 5.32 Å². The van der Waals surface area contributed by atoms with Crippen LogP contribution >= 0.6 is 0 Å². The first-order chi connectivity index (χ1) is 8.84. The van der Waals surface area contributed by atoms with Gasteiger partial charge in [-0.05, 0) is 6.07 Å². The van der Waals surface area contributed by atoms with Crippen molar-refractivity contribution in [3.05, 3.63) is 24.0 Å². The number of hydrogen-bond acceptors (Lipinski definition) is 3. The van der Waals surface area contributed by atoms with Gasteiger partial charge in [-0.1, -0.05) is 0 Å². The van der Waals surface area contributed by atoms with E-state index in [1.807, 2.05) is 6.07 Å². The molecule has 0 radical (unpaired) electrons. The first kappa shape index (κ1) is 15.0. The van der Waals surface area contributed by atoms with Crippen LogP contribution < -0.4 is 5.32 Å². The largest absolute Gasteiger partial charge is 0.418 e. The van der Waals surface area contributed by atoms with Crippen molar-refractivity contribution in [2.75, 3.05) is 6.54 Å². The number of hydrogen-bond donors (Lipinski definition) is 2. The second-order valence-electron chi connectivity index (χ2n) is 3.82. The second kappa shape index (κ2) is 6.24. The summed E-state index contributed by atoms with van der Waals surface area (Å²) >= 11 is 0. The highest BCUT2D eigenvalue weighted by atomic mass is 19.4. The average Bonchev–Trinajstić information content (AvgIpc) is 2.75. The average molecular weight is 275 g/mol. The Kier molecular flexibility index (Phi) is 4.94. The smallest absolute Gasteiger partial charge is 0.379 e. The first-order valence-corrected chi connectivity index (χ1v) is 5.38. The first-order valence-electron chi connectivity index (χ1n) is 5.38. The van der Waals surface area contributed by atoms with Gasteiger partial charge in [0, 0.05) is 24.5 Å². The maximum atomic E-state index is 12.2. The maximum Gasteiger partial charge on any atom is 0.418 e. The van der Waals surface area contributed by atoms with Crippen molar-refractivity contribution in [2.45, 2.75) is 25.2 Å². The number of aliphatic hydroxyl groups excluding tert-OH is 1. The Morgan fingerprint density at radius 2 is 2.26 bits per heavy atom. The zero-order chi connectivity index (χ0) is 14.5. The quantitative estimate of drug-likeness (QED) is 0.790. The summed E-state index contributed by atoms with van der Waals surface area (Å²) in [5.74, 6) is -0.418. The summed E-state index contributed by atoms with van der Waals surface area (Å²) in [6.45, 7) is 0.0185. The molecule has 19 heavy (non-hydrogen) atoms. The zero-order valence-corrected chi connectivity index (χ0v) is 9.81. The molecule has 5 nitrogen and oxygen atoms in total. The molecular formula is C11H12F3N3O2. The highest BCUT2D eigenvalue weighted by molar-refractivity contribution is 5.75. The zero-order valence-electron chi connectivity index (χ0n) is 9.81. The summed E-state index contributed by atoms with van der Waals surface area (Å²) in [6, 6.07) is 2.94. The molecule has 1 unspecified atom stereocenters. The van der Waals surface area contributed by atoms with Crippen LogP contribution in [0, 0.1) is 11.3 Å². The fourth-order valence-electron chi connectivity index (χ4n) is 1.39. The summed E-state index contributed by atoms with van der Waals surface area (Å²) < 4.78 is 38.0. The van der Waals surface area contributed by atoms with Gasteiger partial charge in [0.05, 0.1) is 12.5 Å². The number of carbonyl (C=O) groups is 1. The number of nitriles is 1. The predicted octanol–water partition coefficient (Wildman–Crippen LogP) is 1.11. The van der Waals surface area contributed by atoms with Gasteiger partial charge in [-0.2, -0.15) is 18.4 Å². The van der Waals surface area contributed by atoms with Crippen molar-refractivity contribution in [3.63, 3.8) is 0 Å². The van der Waals surface area contributed by atoms with E-state index >= 15 is 0 Å². The van der Waals surface area contributed by atoms with E-state index in [1.54, 1.807) is 0 Å². The Hall–Kier alpha value is -2.01. The third kappa shape index (κ3) is 4.63. The van der Waals surface area contributed by atoms with Crippen LogP contribution in [0.5, 0.6) is 0 Å². The Balaban J connectivity index is 2.56. The monoisotopic (exact) mass is 275 g/mol. The molecule has 0 aliphatic rings. The van der Waals surface area contributed by atoms with E-state index in [1.165, 1.54) is 10.8 Å². The molecule has 1 aromatic rings. The number of amides is 1. The molecular weight excluding hydrogens is 263 g/mol. The summed E-state index contributed by atoms with van der Waals surface area (Å²) in [4.78, 5) is 11.3. The SMILES string of the molecule is N#CCCNC(=O)Cn1ccc(C(O)C(F)(F)F)c1. The van der Waals surface area contributed by atoms with E-state index in [0.717, 1.165) is 12.3 Å². The molecule has 1 atom stereocenters. The van der Waals surface area contributed by atoms with E-state index in [4.69, 9.17) is 10.4 Å². The second-order valence-corrected chi connectivity index (χ2v) is 3.82. The minimum Gasteiger partial charge on any atom is -0.379 e. The molecule has 104 valence electrons. The molecule has 1 amide bonds. The normalized spacial score (nSPS) is 12.8. The molecule has 0 aliphatic carbocycles. The molecule has 1 rings (SSSR count). The van der Waals surface area contributed by atoms with Crippen LogP contribution in [-0.2, 0) is 11.3 Å². The lowest BCUT2D eigenvalue weighted by atomic mass is 10.2. The van der Waals surface area contributed by atoms with Gasteiger partial charge in [0.15, 0.2) is 6.10 Å². The lowest BCUT2D eigenvalue weighted by molar-refractivity contribution is -0.206. The summed E-state index contributed by atoms with van der Waals surface area (Å²) in [5, 5.41) is 19.7. The number of halogens is 3. The van der Waals surface area contributed by atoms with Crippen LogP contribution in [-0.4, -0.2) is 28.3 Å². The van der Waals surface area contributed by atoms with Crippen molar-refractivity contribution in [2.24, 2.45) is 0 Å². The topological polar surface area (TPSA) is 78.0 Å². The van der Waals surface area contributed by atoms with Crippen LogP contribution in [0.25, 0.3) is 0 Å². The summed E-state index contributed by atoms with van der Waals surface area (Å²) in [5.41, 5.74) is -0.322. The summed E-state index contributed by atoms with van der Waals surface area (Å²) in [6.07, 6.45) is -4.80. The van der Waals surface area contributed by atoms with Gasteiger partial charge in [-0.15, -0.1) is 0 Å². The van der Waals surface area contributed by atoms with E-state index in [9.17, 15) is 18.0 Å². The molecule has 0 saturated heterocycles. The predicted molar refractivity (Wildman–Crippen MR) is 58.7 cm³/mol. The van der Waals surface area contributed by atoms with Gasteiger partial charge in [0.2, 0.25) is 5.91 Å². The molecule has 1 aromatic heterocycles. The lowest BCUT2D eigenvalue weighted by Crippen LogP contribution is -2.27. The fourth-order valence-corrected chi connectivity index (χ4v) is 1.39. The highest BCUT2D eigenvalue weighted by Gasteiger charge is 2.39. The maximum absolute atomic E-state index is 12.2. The fraction of sp³-hybridized carbons (Fsp3) is 0.455. The third-order valence-corrected chi connectivity index (χ3v) is 2.28. The van der Waals surface area contributed by atoms with Crippen LogP contribution in [0.1, 0.15) is 18.1 Å². The van der Waals surface area contributed by atoms with Crippen molar-refractivity contribution in [1.82, 2.24) is 9.88 Å². The number of aliphatic hydroxyl groups is 1. The van der Waals surface area contributed by atoms with Gasteiger partial charge < -0.3 is 15.0 Å². The van der Waals surface area contributed by atoms with Crippen molar-refractivity contribution in [3.8, 4) is 6.07 Å². The highest BCUT2D eigenvalue weighted by Crippen LogP contribution is 2.32. The molecule has 0 fully saturated rings. The van der Waals surface area contributed by atoms with E-state index < -0.39 is 18.2 Å².